The van der Waals surface area contributed by atoms with Gasteiger partial charge in [-0.15, -0.1) is 0 Å². The topological polar surface area (TPSA) is 52.7 Å². The molecule has 0 saturated carbocycles. The molecule has 0 aliphatic carbocycles. The quantitative estimate of drug-likeness (QED) is 0.575. The lowest BCUT2D eigenvalue weighted by atomic mass is 10.2. The number of carbonyl (C=O) groups is 2. The standard InChI is InChI=1S/C7H13N3O2/c1-8-5-4-6(11)10(3)7(12)9(5)2/h5,8H,4H2,1-3H3. The van der Waals surface area contributed by atoms with E-state index >= 15 is 0 Å². The summed E-state index contributed by atoms with van der Waals surface area (Å²) in [7, 11) is 4.90. The third-order valence-corrected chi connectivity index (χ3v) is 2.13. The van der Waals surface area contributed by atoms with Crippen molar-refractivity contribution in [1.29, 1.82) is 0 Å². The number of hydrogen-bond donors (Lipinski definition) is 1. The van der Waals surface area contributed by atoms with Crippen molar-refractivity contribution in [2.24, 2.45) is 0 Å². The first-order valence-corrected chi connectivity index (χ1v) is 3.78. The van der Waals surface area contributed by atoms with Gasteiger partial charge < -0.3 is 4.90 Å². The van der Waals surface area contributed by atoms with E-state index in [2.05, 4.69) is 5.32 Å². The Balaban J connectivity index is 2.77. The Bertz CT molecular complexity index is 217. The van der Waals surface area contributed by atoms with Gasteiger partial charge in [-0.2, -0.15) is 0 Å². The van der Waals surface area contributed by atoms with Crippen LogP contribution in [0.15, 0.2) is 0 Å². The zero-order chi connectivity index (χ0) is 9.30. The van der Waals surface area contributed by atoms with Crippen LogP contribution in [0.3, 0.4) is 0 Å². The Morgan fingerprint density at radius 3 is 2.50 bits per heavy atom. The van der Waals surface area contributed by atoms with Crippen LogP contribution < -0.4 is 5.32 Å². The third-order valence-electron chi connectivity index (χ3n) is 2.13. The molecule has 5 nitrogen and oxygen atoms in total. The smallest absolute Gasteiger partial charge is 0.311 e. The van der Waals surface area contributed by atoms with Crippen LogP contribution in [-0.2, 0) is 4.79 Å². The summed E-state index contributed by atoms with van der Waals surface area (Å²) in [6.45, 7) is 0. The van der Waals surface area contributed by atoms with Crippen molar-refractivity contribution in [3.05, 3.63) is 0 Å². The SMILES string of the molecule is CNC1CC(=O)N(C)C(=O)N1C. The predicted octanol–water partition coefficient (Wildman–Crippen LogP) is -0.554. The summed E-state index contributed by atoms with van der Waals surface area (Å²) in [4.78, 5) is 25.1. The molecule has 1 heterocycles. The fraction of sp³-hybridized carbons (Fsp3) is 0.714. The van der Waals surface area contributed by atoms with Crippen molar-refractivity contribution in [2.45, 2.75) is 12.6 Å². The molecule has 0 aromatic heterocycles. The molecule has 1 aliphatic rings. The molecule has 5 heteroatoms. The number of amides is 3. The molecule has 0 aromatic rings. The minimum atomic E-state index is -0.259. The first-order valence-electron chi connectivity index (χ1n) is 3.78. The number of nitrogens with one attached hydrogen (secondary N) is 1. The molecule has 1 N–H and O–H groups in total. The second-order valence-corrected chi connectivity index (χ2v) is 2.85. The number of imide groups is 1. The molecule has 0 radical (unpaired) electrons. The number of hydrogen-bond acceptors (Lipinski definition) is 3. The largest absolute Gasteiger partial charge is 0.327 e. The van der Waals surface area contributed by atoms with Crippen LogP contribution in [0.2, 0.25) is 0 Å². The zero-order valence-corrected chi connectivity index (χ0v) is 7.50. The van der Waals surface area contributed by atoms with Crippen molar-refractivity contribution in [2.75, 3.05) is 21.1 Å². The van der Waals surface area contributed by atoms with Crippen LogP contribution in [0.1, 0.15) is 6.42 Å². The monoisotopic (exact) mass is 171 g/mol. The van der Waals surface area contributed by atoms with Gasteiger partial charge in [-0.3, -0.25) is 15.0 Å². The summed E-state index contributed by atoms with van der Waals surface area (Å²) in [6.07, 6.45) is 0.177. The second-order valence-electron chi connectivity index (χ2n) is 2.85. The minimum Gasteiger partial charge on any atom is -0.311 e. The number of rotatable bonds is 1. The van der Waals surface area contributed by atoms with Gasteiger partial charge in [0.1, 0.15) is 0 Å². The van der Waals surface area contributed by atoms with Crippen LogP contribution in [0.5, 0.6) is 0 Å². The zero-order valence-electron chi connectivity index (χ0n) is 7.50. The van der Waals surface area contributed by atoms with E-state index < -0.39 is 0 Å². The van der Waals surface area contributed by atoms with E-state index in [0.717, 1.165) is 4.90 Å². The number of urea groups is 1. The highest BCUT2D eigenvalue weighted by atomic mass is 16.2. The molecule has 1 atom stereocenters. The van der Waals surface area contributed by atoms with E-state index in [1.54, 1.807) is 14.1 Å². The average Bonchev–Trinajstić information content (AvgIpc) is 2.08. The Labute approximate surface area is 71.3 Å². The van der Waals surface area contributed by atoms with E-state index in [0.29, 0.717) is 6.42 Å². The summed E-state index contributed by atoms with van der Waals surface area (Å²) in [5.41, 5.74) is 0. The summed E-state index contributed by atoms with van der Waals surface area (Å²) >= 11 is 0. The van der Waals surface area contributed by atoms with Gasteiger partial charge in [-0.25, -0.2) is 4.79 Å². The van der Waals surface area contributed by atoms with Gasteiger partial charge in [-0.1, -0.05) is 0 Å². The van der Waals surface area contributed by atoms with Gasteiger partial charge in [0.15, 0.2) is 0 Å². The second kappa shape index (κ2) is 3.10. The van der Waals surface area contributed by atoms with Crippen molar-refractivity contribution in [1.82, 2.24) is 15.1 Å². The first-order chi connectivity index (χ1) is 5.57. The summed E-state index contributed by atoms with van der Waals surface area (Å²) < 4.78 is 0. The molecule has 1 fully saturated rings. The third kappa shape index (κ3) is 1.27. The lowest BCUT2D eigenvalue weighted by molar-refractivity contribution is -0.131. The maximum atomic E-state index is 11.3. The van der Waals surface area contributed by atoms with Crippen LogP contribution in [0.4, 0.5) is 4.79 Å². The lowest BCUT2D eigenvalue weighted by Gasteiger charge is -2.35. The van der Waals surface area contributed by atoms with Crippen LogP contribution in [0, 0.1) is 0 Å². The Hall–Kier alpha value is -1.10. The maximum absolute atomic E-state index is 11.3. The highest BCUT2D eigenvalue weighted by molar-refractivity contribution is 5.96. The van der Waals surface area contributed by atoms with Crippen LogP contribution in [0.25, 0.3) is 0 Å². The summed E-state index contributed by atoms with van der Waals surface area (Å²) in [6, 6.07) is -0.259. The fourth-order valence-corrected chi connectivity index (χ4v) is 1.21. The normalized spacial score (nSPS) is 25.1. The molecular weight excluding hydrogens is 158 g/mol. The highest BCUT2D eigenvalue weighted by Crippen LogP contribution is 2.11. The minimum absolute atomic E-state index is 0.141. The van der Waals surface area contributed by atoms with Crippen molar-refractivity contribution >= 4 is 11.9 Å². The molecule has 0 spiro atoms. The molecule has 1 saturated heterocycles. The lowest BCUT2D eigenvalue weighted by Crippen LogP contribution is -2.57. The highest BCUT2D eigenvalue weighted by Gasteiger charge is 2.32. The van der Waals surface area contributed by atoms with Crippen LogP contribution >= 0.6 is 0 Å². The van der Waals surface area contributed by atoms with Crippen molar-refractivity contribution < 1.29 is 9.59 Å². The van der Waals surface area contributed by atoms with Gasteiger partial charge in [0.25, 0.3) is 0 Å². The maximum Gasteiger partial charge on any atom is 0.327 e. The molecule has 1 unspecified atom stereocenters. The van der Waals surface area contributed by atoms with E-state index in [1.165, 1.54) is 11.9 Å². The first kappa shape index (κ1) is 8.99. The molecule has 12 heavy (non-hydrogen) atoms. The molecule has 1 aliphatic heterocycles. The van der Waals surface area contributed by atoms with E-state index in [9.17, 15) is 9.59 Å². The van der Waals surface area contributed by atoms with Crippen molar-refractivity contribution in [3.8, 4) is 0 Å². The predicted molar refractivity (Wildman–Crippen MR) is 43.4 cm³/mol. The Morgan fingerprint density at radius 2 is 2.00 bits per heavy atom. The van der Waals surface area contributed by atoms with E-state index in [4.69, 9.17) is 0 Å². The number of carbonyl (C=O) groups excluding carboxylic acids is 2. The average molecular weight is 171 g/mol. The van der Waals surface area contributed by atoms with Gasteiger partial charge in [0.2, 0.25) is 5.91 Å². The summed E-state index contributed by atoms with van der Waals surface area (Å²) in [5.74, 6) is -0.141. The van der Waals surface area contributed by atoms with E-state index in [1.807, 2.05) is 0 Å². The summed E-state index contributed by atoms with van der Waals surface area (Å²) in [5, 5.41) is 2.89. The van der Waals surface area contributed by atoms with Gasteiger partial charge in [-0.05, 0) is 7.05 Å². The van der Waals surface area contributed by atoms with E-state index in [-0.39, 0.29) is 18.1 Å². The number of nitrogens with zero attached hydrogens (tertiary/aromatic N) is 2. The van der Waals surface area contributed by atoms with Gasteiger partial charge in [0.05, 0.1) is 12.6 Å². The van der Waals surface area contributed by atoms with Gasteiger partial charge in [0, 0.05) is 14.1 Å². The van der Waals surface area contributed by atoms with Crippen LogP contribution in [-0.4, -0.2) is 49.0 Å². The molecular formula is C7H13N3O2. The molecule has 0 bridgehead atoms. The molecule has 0 aromatic carbocycles. The Kier molecular flexibility index (Phi) is 2.32. The fourth-order valence-electron chi connectivity index (χ4n) is 1.21. The molecule has 3 amide bonds. The van der Waals surface area contributed by atoms with Gasteiger partial charge >= 0.3 is 6.03 Å². The molecule has 1 rings (SSSR count). The Morgan fingerprint density at radius 1 is 1.42 bits per heavy atom. The molecule has 68 valence electrons. The van der Waals surface area contributed by atoms with Crippen molar-refractivity contribution in [3.63, 3.8) is 0 Å².